The van der Waals surface area contributed by atoms with Gasteiger partial charge in [0.25, 0.3) is 0 Å². The number of carboxylic acids is 1. The molecule has 0 aromatic heterocycles. The summed E-state index contributed by atoms with van der Waals surface area (Å²) in [7, 11) is 0. The predicted molar refractivity (Wildman–Crippen MR) is 115 cm³/mol. The summed E-state index contributed by atoms with van der Waals surface area (Å²) in [4.78, 5) is 12.3. The van der Waals surface area contributed by atoms with Crippen LogP contribution in [-0.2, 0) is 10.2 Å². The summed E-state index contributed by atoms with van der Waals surface area (Å²) in [6.07, 6.45) is 4.14. The van der Waals surface area contributed by atoms with Crippen LogP contribution in [0, 0.1) is 5.82 Å². The van der Waals surface area contributed by atoms with Crippen molar-refractivity contribution in [3.05, 3.63) is 56.8 Å². The molecule has 8 heteroatoms. The molecule has 2 N–H and O–H groups in total. The molecule has 156 valence electrons. The first-order valence-corrected chi connectivity index (χ1v) is 10.8. The van der Waals surface area contributed by atoms with Gasteiger partial charge in [-0.1, -0.05) is 27.5 Å². The molecule has 1 fully saturated rings. The molecule has 5 rings (SSSR count). The zero-order valence-corrected chi connectivity index (χ0v) is 18.1. The molecule has 0 saturated heterocycles. The molecule has 0 bridgehead atoms. The molecule has 5 nitrogen and oxygen atoms in total. The number of ether oxygens (including phenoxy) is 2. The fraction of sp³-hybridized carbons (Fsp3) is 0.318. The summed E-state index contributed by atoms with van der Waals surface area (Å²) in [6, 6.07) is 8.17. The molecule has 0 amide bonds. The second kappa shape index (κ2) is 6.89. The van der Waals surface area contributed by atoms with Gasteiger partial charge in [-0.05, 0) is 73.2 Å². The van der Waals surface area contributed by atoms with Gasteiger partial charge in [0.15, 0.2) is 11.5 Å². The van der Waals surface area contributed by atoms with Gasteiger partial charge in [0, 0.05) is 15.6 Å². The molecule has 30 heavy (non-hydrogen) atoms. The Balaban J connectivity index is 1.45. The average molecular weight is 495 g/mol. The van der Waals surface area contributed by atoms with E-state index in [1.54, 1.807) is 0 Å². The van der Waals surface area contributed by atoms with Crippen molar-refractivity contribution < 1.29 is 23.8 Å². The number of nitrogens with one attached hydrogen (secondary N) is 1. The first-order valence-electron chi connectivity index (χ1n) is 9.61. The second-order valence-electron chi connectivity index (χ2n) is 8.01. The normalized spacial score (nSPS) is 26.4. The minimum Gasteiger partial charge on any atom is -0.480 e. The van der Waals surface area contributed by atoms with E-state index >= 15 is 0 Å². The van der Waals surface area contributed by atoms with Gasteiger partial charge in [-0.25, -0.2) is 9.18 Å². The van der Waals surface area contributed by atoms with Gasteiger partial charge < -0.3 is 19.9 Å². The van der Waals surface area contributed by atoms with E-state index < -0.39 is 17.3 Å². The van der Waals surface area contributed by atoms with Gasteiger partial charge in [-0.3, -0.25) is 0 Å². The maximum absolute atomic E-state index is 13.5. The van der Waals surface area contributed by atoms with E-state index in [2.05, 4.69) is 27.3 Å². The molecule has 0 atom stereocenters. The van der Waals surface area contributed by atoms with Crippen LogP contribution in [0.1, 0.15) is 36.8 Å². The third-order valence-corrected chi connectivity index (χ3v) is 7.75. The van der Waals surface area contributed by atoms with Crippen LogP contribution in [0.4, 0.5) is 10.1 Å². The zero-order valence-electron chi connectivity index (χ0n) is 15.8. The lowest BCUT2D eigenvalue weighted by Gasteiger charge is -2.44. The van der Waals surface area contributed by atoms with Crippen molar-refractivity contribution in [2.75, 3.05) is 12.1 Å². The number of benzene rings is 2. The Kier molecular flexibility index (Phi) is 4.52. The number of allylic oxidation sites excluding steroid dienone is 1. The SMILES string of the molecule is O=C(O)C1(Nc2ccc(F)c(Cl)c2)CCC2(CC1)C(Br)=Cc1cc3c(cc12)OCO3. The van der Waals surface area contributed by atoms with Gasteiger partial charge >= 0.3 is 5.97 Å². The largest absolute Gasteiger partial charge is 0.480 e. The molecule has 2 aromatic carbocycles. The molecule has 3 aliphatic rings. The van der Waals surface area contributed by atoms with Crippen LogP contribution in [0.5, 0.6) is 11.5 Å². The summed E-state index contributed by atoms with van der Waals surface area (Å²) in [5.74, 6) is -0.0165. The highest BCUT2D eigenvalue weighted by Gasteiger charge is 2.51. The molecule has 1 spiro atoms. The van der Waals surface area contributed by atoms with Gasteiger partial charge in [0.2, 0.25) is 6.79 Å². The standard InChI is InChI=1S/C22H18BrClFNO4/c23-19-8-12-7-17-18(30-11-29-17)10-14(12)21(19)3-5-22(6-4-21,20(27)28)26-13-1-2-16(25)15(24)9-13/h1-2,7-10,26H,3-6,11H2,(H,27,28). The lowest BCUT2D eigenvalue weighted by Crippen LogP contribution is -2.52. The second-order valence-corrected chi connectivity index (χ2v) is 9.27. The van der Waals surface area contributed by atoms with Crippen LogP contribution in [0.3, 0.4) is 0 Å². The topological polar surface area (TPSA) is 67.8 Å². The average Bonchev–Trinajstić information content (AvgIpc) is 3.27. The number of carboxylic acid groups (broad SMARTS) is 1. The summed E-state index contributed by atoms with van der Waals surface area (Å²) in [6.45, 7) is 0.211. The lowest BCUT2D eigenvalue weighted by atomic mass is 9.65. The van der Waals surface area contributed by atoms with Crippen molar-refractivity contribution in [2.24, 2.45) is 0 Å². The maximum Gasteiger partial charge on any atom is 0.329 e. The Labute approximate surface area is 185 Å². The van der Waals surface area contributed by atoms with Crippen molar-refractivity contribution in [2.45, 2.75) is 36.6 Å². The minimum atomic E-state index is -1.15. The number of anilines is 1. The molecule has 1 aliphatic heterocycles. The van der Waals surface area contributed by atoms with E-state index in [0.29, 0.717) is 31.4 Å². The van der Waals surface area contributed by atoms with Crippen molar-refractivity contribution >= 4 is 45.3 Å². The van der Waals surface area contributed by atoms with E-state index in [1.165, 1.54) is 18.2 Å². The fourth-order valence-corrected chi connectivity index (χ4v) is 5.79. The Bertz CT molecular complexity index is 1090. The number of rotatable bonds is 3. The van der Waals surface area contributed by atoms with Crippen molar-refractivity contribution in [3.63, 3.8) is 0 Å². The van der Waals surface area contributed by atoms with Crippen LogP contribution < -0.4 is 14.8 Å². The lowest BCUT2D eigenvalue weighted by molar-refractivity contribution is -0.143. The Morgan fingerprint density at radius 1 is 1.13 bits per heavy atom. The van der Waals surface area contributed by atoms with Crippen molar-refractivity contribution in [1.29, 1.82) is 0 Å². The van der Waals surface area contributed by atoms with Crippen molar-refractivity contribution in [3.8, 4) is 11.5 Å². The van der Waals surface area contributed by atoms with Crippen LogP contribution >= 0.6 is 27.5 Å². The summed E-state index contributed by atoms with van der Waals surface area (Å²) < 4.78 is 25.6. The number of hydrogen-bond acceptors (Lipinski definition) is 4. The first kappa shape index (κ1) is 19.7. The minimum absolute atomic E-state index is 0.0423. The van der Waals surface area contributed by atoms with Gasteiger partial charge in [0.1, 0.15) is 11.4 Å². The smallest absolute Gasteiger partial charge is 0.329 e. The number of aliphatic carboxylic acids is 1. The van der Waals surface area contributed by atoms with Gasteiger partial charge in [-0.2, -0.15) is 0 Å². The number of fused-ring (bicyclic) bond motifs is 3. The van der Waals surface area contributed by atoms with E-state index in [1.807, 2.05) is 12.1 Å². The third kappa shape index (κ3) is 2.90. The highest BCUT2D eigenvalue weighted by Crippen LogP contribution is 2.57. The van der Waals surface area contributed by atoms with Gasteiger partial charge in [0.05, 0.1) is 5.02 Å². The van der Waals surface area contributed by atoms with E-state index in [-0.39, 0.29) is 17.2 Å². The number of halogens is 3. The fourth-order valence-electron chi connectivity index (χ4n) is 4.75. The van der Waals surface area contributed by atoms with E-state index in [9.17, 15) is 14.3 Å². The molecular weight excluding hydrogens is 477 g/mol. The Hall–Kier alpha value is -2.25. The third-order valence-electron chi connectivity index (χ3n) is 6.47. The molecule has 2 aromatic rings. The van der Waals surface area contributed by atoms with Crippen LogP contribution in [0.25, 0.3) is 6.08 Å². The molecule has 0 radical (unpaired) electrons. The maximum atomic E-state index is 13.5. The number of carbonyl (C=O) groups is 1. The zero-order chi connectivity index (χ0) is 21.1. The molecule has 1 saturated carbocycles. The summed E-state index contributed by atoms with van der Waals surface area (Å²) in [5.41, 5.74) is 1.23. The quantitative estimate of drug-likeness (QED) is 0.572. The molecule has 0 unspecified atom stereocenters. The van der Waals surface area contributed by atoms with Gasteiger partial charge in [-0.15, -0.1) is 0 Å². The van der Waals surface area contributed by atoms with Crippen molar-refractivity contribution in [1.82, 2.24) is 0 Å². The highest BCUT2D eigenvalue weighted by atomic mass is 79.9. The predicted octanol–water partition coefficient (Wildman–Crippen LogP) is 5.70. The first-order chi connectivity index (χ1) is 14.3. The van der Waals surface area contributed by atoms with Crippen LogP contribution in [0.2, 0.25) is 5.02 Å². The Morgan fingerprint density at radius 3 is 2.50 bits per heavy atom. The molecular formula is C22H18BrClFNO4. The van der Waals surface area contributed by atoms with Crippen LogP contribution in [0.15, 0.2) is 34.8 Å². The van der Waals surface area contributed by atoms with Crippen LogP contribution in [-0.4, -0.2) is 23.4 Å². The van der Waals surface area contributed by atoms with E-state index in [0.717, 1.165) is 27.1 Å². The highest BCUT2D eigenvalue weighted by molar-refractivity contribution is 9.11. The molecule has 1 heterocycles. The van der Waals surface area contributed by atoms with E-state index in [4.69, 9.17) is 21.1 Å². The number of hydrogen-bond donors (Lipinski definition) is 2. The Morgan fingerprint density at radius 2 is 1.83 bits per heavy atom. The molecule has 2 aliphatic carbocycles. The monoisotopic (exact) mass is 493 g/mol. The summed E-state index contributed by atoms with van der Waals surface area (Å²) >= 11 is 9.62. The summed E-state index contributed by atoms with van der Waals surface area (Å²) in [5, 5.41) is 13.1.